The number of H-pyrrole nitrogens is 1. The van der Waals surface area contributed by atoms with Crippen molar-refractivity contribution in [2.75, 3.05) is 36.5 Å². The molecule has 1 aromatic heterocycles. The molecule has 1 fully saturated rings. The highest BCUT2D eigenvalue weighted by atomic mass is 35.5. The molecule has 0 atom stereocenters. The van der Waals surface area contributed by atoms with E-state index in [-0.39, 0.29) is 30.7 Å². The average Bonchev–Trinajstić information content (AvgIpc) is 3.10. The van der Waals surface area contributed by atoms with E-state index in [2.05, 4.69) is 38.7 Å². The number of carbonyl (C=O) groups is 1. The van der Waals surface area contributed by atoms with Gasteiger partial charge < -0.3 is 10.6 Å². The van der Waals surface area contributed by atoms with Gasteiger partial charge in [0.25, 0.3) is 5.91 Å². The van der Waals surface area contributed by atoms with Crippen LogP contribution in [-0.2, 0) is 19.5 Å². The van der Waals surface area contributed by atoms with Gasteiger partial charge >= 0.3 is 0 Å². The molecule has 1 aromatic carbocycles. The Morgan fingerprint density at radius 3 is 2.86 bits per heavy atom. The molecule has 0 spiro atoms. The van der Waals surface area contributed by atoms with Crippen LogP contribution in [0.5, 0.6) is 0 Å². The van der Waals surface area contributed by atoms with Crippen molar-refractivity contribution in [3.63, 3.8) is 0 Å². The molecular formula is C19H27Cl2N5OS. The van der Waals surface area contributed by atoms with Gasteiger partial charge in [-0.15, -0.1) is 24.8 Å². The molecular weight excluding hydrogens is 417 g/mol. The topological polar surface area (TPSA) is 73.0 Å². The summed E-state index contributed by atoms with van der Waals surface area (Å²) in [4.78, 5) is 15.3. The van der Waals surface area contributed by atoms with Crippen LogP contribution in [0, 0.1) is 6.92 Å². The third-order valence-electron chi connectivity index (χ3n) is 5.21. The number of halogens is 2. The summed E-state index contributed by atoms with van der Waals surface area (Å²) >= 11 is 2.02. The van der Waals surface area contributed by atoms with Gasteiger partial charge in [0.05, 0.1) is 0 Å². The summed E-state index contributed by atoms with van der Waals surface area (Å²) in [6.07, 6.45) is 0.887. The summed E-state index contributed by atoms with van der Waals surface area (Å²) in [7, 11) is 0. The average molecular weight is 444 g/mol. The van der Waals surface area contributed by atoms with Crippen molar-refractivity contribution < 1.29 is 4.79 Å². The Morgan fingerprint density at radius 1 is 1.29 bits per heavy atom. The highest BCUT2D eigenvalue weighted by molar-refractivity contribution is 7.99. The Balaban J connectivity index is 0.00000140. The second-order valence-electron chi connectivity index (χ2n) is 6.89. The smallest absolute Gasteiger partial charge is 0.276 e. The fourth-order valence-electron chi connectivity index (χ4n) is 3.58. The third-order valence-corrected chi connectivity index (χ3v) is 6.16. The minimum Gasteiger partial charge on any atom is -0.320 e. The number of fused-ring (bicyclic) bond motifs is 1. The largest absolute Gasteiger partial charge is 0.320 e. The first kappa shape index (κ1) is 23.0. The van der Waals surface area contributed by atoms with E-state index in [0.717, 1.165) is 55.1 Å². The number of thioether (sulfide) groups is 1. The van der Waals surface area contributed by atoms with Gasteiger partial charge in [0.2, 0.25) is 0 Å². The number of amides is 1. The molecule has 1 amide bonds. The van der Waals surface area contributed by atoms with E-state index in [1.54, 1.807) is 0 Å². The molecule has 2 aliphatic heterocycles. The van der Waals surface area contributed by atoms with Crippen LogP contribution < -0.4 is 10.6 Å². The normalized spacial score (nSPS) is 16.5. The molecule has 3 N–H and O–H groups in total. The lowest BCUT2D eigenvalue weighted by Crippen LogP contribution is -2.32. The minimum absolute atomic E-state index is 0. The number of rotatable bonds is 4. The monoisotopic (exact) mass is 443 g/mol. The van der Waals surface area contributed by atoms with Crippen molar-refractivity contribution in [3.8, 4) is 0 Å². The van der Waals surface area contributed by atoms with E-state index in [4.69, 9.17) is 0 Å². The van der Waals surface area contributed by atoms with Crippen LogP contribution in [-0.4, -0.2) is 52.1 Å². The maximum atomic E-state index is 12.8. The molecule has 0 bridgehead atoms. The van der Waals surface area contributed by atoms with Gasteiger partial charge in [-0.3, -0.25) is 14.8 Å². The Kier molecular flexibility index (Phi) is 8.64. The van der Waals surface area contributed by atoms with Crippen molar-refractivity contribution in [2.45, 2.75) is 26.4 Å². The molecule has 154 valence electrons. The Hall–Kier alpha value is -1.25. The highest BCUT2D eigenvalue weighted by Gasteiger charge is 2.22. The van der Waals surface area contributed by atoms with E-state index >= 15 is 0 Å². The number of anilines is 1. The van der Waals surface area contributed by atoms with Crippen molar-refractivity contribution >= 4 is 48.2 Å². The first-order valence-corrected chi connectivity index (χ1v) is 10.3. The second-order valence-corrected chi connectivity index (χ2v) is 8.11. The number of aromatic amines is 1. The van der Waals surface area contributed by atoms with Crippen molar-refractivity contribution in [3.05, 3.63) is 46.3 Å². The summed E-state index contributed by atoms with van der Waals surface area (Å²) in [5.74, 6) is 2.27. The van der Waals surface area contributed by atoms with Crippen LogP contribution in [0.25, 0.3) is 0 Å². The van der Waals surface area contributed by atoms with E-state index in [1.807, 2.05) is 23.9 Å². The summed E-state index contributed by atoms with van der Waals surface area (Å²) in [5.41, 5.74) is 5.86. The molecule has 4 rings (SSSR count). The van der Waals surface area contributed by atoms with E-state index < -0.39 is 0 Å². The molecule has 3 heterocycles. The van der Waals surface area contributed by atoms with Crippen molar-refractivity contribution in [1.82, 2.24) is 20.4 Å². The standard InChI is InChI=1S/C19H25N5OS.2ClH/c1-13-14(12-24-7-9-26-10-8-24)3-2-4-16(13)21-19(25)18-15-11-20-6-5-17(15)22-23-18;;/h2-4,20H,5-12H2,1H3,(H,21,25)(H,22,23);2*1H. The van der Waals surface area contributed by atoms with Gasteiger partial charge in [-0.25, -0.2) is 0 Å². The molecule has 0 unspecified atom stereocenters. The number of hydrogen-bond donors (Lipinski definition) is 3. The van der Waals surface area contributed by atoms with Gasteiger partial charge in [-0.1, -0.05) is 12.1 Å². The number of nitrogens with one attached hydrogen (secondary N) is 3. The van der Waals surface area contributed by atoms with Gasteiger partial charge in [0, 0.05) is 67.6 Å². The fraction of sp³-hybridized carbons (Fsp3) is 0.474. The zero-order valence-corrected chi connectivity index (χ0v) is 18.4. The first-order valence-electron chi connectivity index (χ1n) is 9.19. The Labute approximate surface area is 182 Å². The van der Waals surface area contributed by atoms with Gasteiger partial charge in [-0.05, 0) is 24.1 Å². The quantitative estimate of drug-likeness (QED) is 0.676. The zero-order valence-electron chi connectivity index (χ0n) is 15.9. The van der Waals surface area contributed by atoms with E-state index in [1.165, 1.54) is 17.1 Å². The van der Waals surface area contributed by atoms with Crippen molar-refractivity contribution in [2.24, 2.45) is 0 Å². The lowest BCUT2D eigenvalue weighted by atomic mass is 10.0. The number of hydrogen-bond acceptors (Lipinski definition) is 5. The summed E-state index contributed by atoms with van der Waals surface area (Å²) in [6.45, 7) is 6.91. The van der Waals surface area contributed by atoms with E-state index in [0.29, 0.717) is 12.2 Å². The number of aromatic nitrogens is 2. The zero-order chi connectivity index (χ0) is 17.9. The number of carbonyl (C=O) groups excluding carboxylic acids is 1. The van der Waals surface area contributed by atoms with Gasteiger partial charge in [-0.2, -0.15) is 16.9 Å². The molecule has 0 aliphatic carbocycles. The van der Waals surface area contributed by atoms with Crippen LogP contribution in [0.4, 0.5) is 5.69 Å². The summed E-state index contributed by atoms with van der Waals surface area (Å²) < 4.78 is 0. The summed E-state index contributed by atoms with van der Waals surface area (Å²) in [6, 6.07) is 6.16. The van der Waals surface area contributed by atoms with Crippen LogP contribution in [0.1, 0.15) is 32.9 Å². The molecule has 1 saturated heterocycles. The maximum Gasteiger partial charge on any atom is 0.276 e. The molecule has 2 aliphatic rings. The fourth-order valence-corrected chi connectivity index (χ4v) is 4.56. The maximum absolute atomic E-state index is 12.8. The van der Waals surface area contributed by atoms with Crippen molar-refractivity contribution in [1.29, 1.82) is 0 Å². The van der Waals surface area contributed by atoms with Crippen LogP contribution >= 0.6 is 36.6 Å². The van der Waals surface area contributed by atoms with Crippen LogP contribution in [0.2, 0.25) is 0 Å². The Bertz CT molecular complexity index is 808. The van der Waals surface area contributed by atoms with Crippen LogP contribution in [0.3, 0.4) is 0 Å². The van der Waals surface area contributed by atoms with Gasteiger partial charge in [0.15, 0.2) is 5.69 Å². The molecule has 0 saturated carbocycles. The lowest BCUT2D eigenvalue weighted by molar-refractivity contribution is 0.102. The highest BCUT2D eigenvalue weighted by Crippen LogP contribution is 2.23. The number of nitrogens with zero attached hydrogens (tertiary/aromatic N) is 2. The van der Waals surface area contributed by atoms with Crippen LogP contribution in [0.15, 0.2) is 18.2 Å². The molecule has 2 aromatic rings. The predicted molar refractivity (Wildman–Crippen MR) is 120 cm³/mol. The SMILES string of the molecule is Cc1c(CN2CCSCC2)cccc1NC(=O)c1n[nH]c2c1CNCC2.Cl.Cl. The second kappa shape index (κ2) is 10.5. The van der Waals surface area contributed by atoms with Gasteiger partial charge in [0.1, 0.15) is 0 Å². The summed E-state index contributed by atoms with van der Waals surface area (Å²) in [5, 5.41) is 13.6. The molecule has 9 heteroatoms. The van der Waals surface area contributed by atoms with E-state index in [9.17, 15) is 4.79 Å². The number of benzene rings is 1. The molecule has 28 heavy (non-hydrogen) atoms. The third kappa shape index (κ3) is 5.02. The first-order chi connectivity index (χ1) is 12.7. The predicted octanol–water partition coefficient (Wildman–Crippen LogP) is 3.01. The lowest BCUT2D eigenvalue weighted by Gasteiger charge is -2.27. The minimum atomic E-state index is -0.138. The molecule has 6 nitrogen and oxygen atoms in total. The Morgan fingerprint density at radius 2 is 2.07 bits per heavy atom. The molecule has 0 radical (unpaired) electrons.